The van der Waals surface area contributed by atoms with E-state index in [-0.39, 0.29) is 0 Å². The molecule has 0 nitrogen and oxygen atoms in total. The van der Waals surface area contributed by atoms with Gasteiger partial charge in [-0.3, -0.25) is 0 Å². The van der Waals surface area contributed by atoms with Gasteiger partial charge in [0.05, 0.1) is 0 Å². The van der Waals surface area contributed by atoms with Gasteiger partial charge in [-0.25, -0.2) is 0 Å². The molecule has 2 fully saturated rings. The molecule has 0 aromatic rings. The van der Waals surface area contributed by atoms with Crippen LogP contribution >= 0.6 is 130 Å². The zero-order valence-corrected chi connectivity index (χ0v) is 27.4. The predicted octanol–water partition coefficient (Wildman–Crippen LogP) is 10.6. The van der Waals surface area contributed by atoms with Crippen molar-refractivity contribution >= 4 is 130 Å². The number of hydrogen-bond donors (Lipinski definition) is 0. The summed E-state index contributed by atoms with van der Waals surface area (Å²) in [6, 6.07) is 0. The van der Waals surface area contributed by atoms with Crippen LogP contribution in [0, 0.1) is 0 Å². The average molecular weight is 637 g/mol. The van der Waals surface area contributed by atoms with Crippen LogP contribution in [0.1, 0.15) is 38.5 Å². The molecular formula is C18H36S12. The Hall–Kier alpha value is 4.20. The van der Waals surface area contributed by atoms with Gasteiger partial charge in [0.25, 0.3) is 0 Å². The van der Waals surface area contributed by atoms with E-state index in [0.717, 1.165) is 0 Å². The van der Waals surface area contributed by atoms with E-state index in [1.807, 2.05) is 0 Å². The first-order valence-corrected chi connectivity index (χ1v) is 25.4. The van der Waals surface area contributed by atoms with Crippen molar-refractivity contribution in [3.05, 3.63) is 0 Å². The van der Waals surface area contributed by atoms with Crippen LogP contribution in [0.2, 0.25) is 0 Å². The van der Waals surface area contributed by atoms with E-state index in [4.69, 9.17) is 0 Å². The molecule has 0 aliphatic carbocycles. The second-order valence-corrected chi connectivity index (χ2v) is 22.2. The van der Waals surface area contributed by atoms with E-state index < -0.39 is 0 Å². The summed E-state index contributed by atoms with van der Waals surface area (Å²) >= 11 is 0. The molecule has 0 aromatic carbocycles. The van der Waals surface area contributed by atoms with Crippen molar-refractivity contribution in [3.63, 3.8) is 0 Å². The third kappa shape index (κ3) is 26.8. The highest BCUT2D eigenvalue weighted by molar-refractivity contribution is 8.78. The third-order valence-electron chi connectivity index (χ3n) is 3.23. The van der Waals surface area contributed by atoms with E-state index in [1.54, 1.807) is 0 Å². The summed E-state index contributed by atoms with van der Waals surface area (Å²) < 4.78 is 0. The van der Waals surface area contributed by atoms with Gasteiger partial charge in [0.1, 0.15) is 0 Å². The highest BCUT2D eigenvalue weighted by Gasteiger charge is 1.99. The molecule has 0 bridgehead atoms. The van der Waals surface area contributed by atoms with Gasteiger partial charge in [-0.2, -0.15) is 0 Å². The molecule has 0 amide bonds. The lowest BCUT2D eigenvalue weighted by Gasteiger charge is -2.00. The fourth-order valence-corrected chi connectivity index (χ4v) is 15.9. The summed E-state index contributed by atoms with van der Waals surface area (Å²) in [4.78, 5) is 0. The molecule has 180 valence electrons. The lowest BCUT2D eigenvalue weighted by atomic mass is 10.6. The van der Waals surface area contributed by atoms with Crippen molar-refractivity contribution < 1.29 is 0 Å². The molecule has 0 saturated carbocycles. The molecule has 2 heterocycles. The van der Waals surface area contributed by atoms with Crippen molar-refractivity contribution in [1.29, 1.82) is 0 Å². The summed E-state index contributed by atoms with van der Waals surface area (Å²) in [5, 5.41) is 0. The van der Waals surface area contributed by atoms with Gasteiger partial charge in [0.2, 0.25) is 0 Å². The minimum Gasteiger partial charge on any atom is -0.0941 e. The Labute approximate surface area is 234 Å². The van der Waals surface area contributed by atoms with Gasteiger partial charge < -0.3 is 0 Å². The van der Waals surface area contributed by atoms with Crippen LogP contribution in [0.25, 0.3) is 0 Å². The molecule has 0 radical (unpaired) electrons. The van der Waals surface area contributed by atoms with E-state index in [9.17, 15) is 0 Å². The van der Waals surface area contributed by atoms with E-state index in [1.165, 1.54) is 108 Å². The molecule has 2 saturated heterocycles. The zero-order chi connectivity index (χ0) is 21.2. The first kappa shape index (κ1) is 32.2. The number of hydrogen-bond acceptors (Lipinski definition) is 12. The average Bonchev–Trinajstić information content (AvgIpc) is 2.78. The van der Waals surface area contributed by atoms with E-state index in [2.05, 4.69) is 130 Å². The lowest BCUT2D eigenvalue weighted by molar-refractivity contribution is 1.13. The number of rotatable bonds is 0. The zero-order valence-electron chi connectivity index (χ0n) is 17.6. The molecular weight excluding hydrogens is 601 g/mol. The van der Waals surface area contributed by atoms with Crippen molar-refractivity contribution in [2.75, 3.05) is 69.0 Å². The van der Waals surface area contributed by atoms with Crippen LogP contribution in [-0.4, -0.2) is 69.0 Å². The largest absolute Gasteiger partial charge is 0.0941 e. The van der Waals surface area contributed by atoms with Gasteiger partial charge in [0, 0.05) is 69.0 Å². The van der Waals surface area contributed by atoms with Crippen LogP contribution in [0.15, 0.2) is 0 Å². The molecule has 2 aliphatic rings. The van der Waals surface area contributed by atoms with Gasteiger partial charge in [-0.15, -0.1) is 0 Å². The molecule has 30 heavy (non-hydrogen) atoms. The van der Waals surface area contributed by atoms with Gasteiger partial charge in [-0.1, -0.05) is 130 Å². The van der Waals surface area contributed by atoms with Crippen molar-refractivity contribution in [2.45, 2.75) is 38.5 Å². The Kier molecular flexibility index (Phi) is 31.6. The fraction of sp³-hybridized carbons (Fsp3) is 1.00. The minimum absolute atomic E-state index is 1.33. The smallest absolute Gasteiger partial charge is 0.00450 e. The molecule has 2 rings (SSSR count). The monoisotopic (exact) mass is 636 g/mol. The van der Waals surface area contributed by atoms with Crippen LogP contribution in [0.4, 0.5) is 0 Å². The topological polar surface area (TPSA) is 0 Å². The van der Waals surface area contributed by atoms with Crippen LogP contribution < -0.4 is 0 Å². The summed E-state index contributed by atoms with van der Waals surface area (Å²) in [6.45, 7) is 0. The predicted molar refractivity (Wildman–Crippen MR) is 177 cm³/mol. The first-order valence-electron chi connectivity index (χ1n) is 10.5. The first-order chi connectivity index (χ1) is 15.0. The molecule has 0 N–H and O–H groups in total. The minimum atomic E-state index is 1.33. The van der Waals surface area contributed by atoms with Crippen molar-refractivity contribution in [1.82, 2.24) is 0 Å². The Morgan fingerprint density at radius 1 is 0.167 bits per heavy atom. The highest BCUT2D eigenvalue weighted by atomic mass is 33.1. The van der Waals surface area contributed by atoms with Gasteiger partial charge in [-0.05, 0) is 38.5 Å². The molecule has 0 aromatic heterocycles. The second kappa shape index (κ2) is 29.4. The van der Waals surface area contributed by atoms with E-state index >= 15 is 0 Å². The maximum absolute atomic E-state index is 2.06. The molecule has 0 atom stereocenters. The molecule has 0 spiro atoms. The Bertz CT molecular complexity index is 176. The van der Waals surface area contributed by atoms with Gasteiger partial charge >= 0.3 is 0 Å². The van der Waals surface area contributed by atoms with Gasteiger partial charge in [0.15, 0.2) is 0 Å². The van der Waals surface area contributed by atoms with Crippen molar-refractivity contribution in [2.24, 2.45) is 0 Å². The fourth-order valence-electron chi connectivity index (χ4n) is 1.77. The maximum atomic E-state index is 2.06. The van der Waals surface area contributed by atoms with Crippen LogP contribution in [0.3, 0.4) is 0 Å². The maximum Gasteiger partial charge on any atom is 0.00450 e. The Morgan fingerprint density at radius 3 is 0.367 bits per heavy atom. The normalized spacial score (nSPS) is 24.0. The molecule has 0 unspecified atom stereocenters. The second-order valence-electron chi connectivity index (χ2n) is 5.99. The van der Waals surface area contributed by atoms with Crippen molar-refractivity contribution in [3.8, 4) is 0 Å². The standard InChI is InChI=1S/2C9H18S6/c2*1-4-10-12-6-2-8-14-15-9-3-7-13-11-5-1/h2*1-9H2. The summed E-state index contributed by atoms with van der Waals surface area (Å²) in [5.74, 6) is 16.0. The molecule has 2 aliphatic heterocycles. The van der Waals surface area contributed by atoms with E-state index in [0.29, 0.717) is 0 Å². The quantitative estimate of drug-likeness (QED) is 0.232. The summed E-state index contributed by atoms with van der Waals surface area (Å²) in [7, 11) is 24.8. The van der Waals surface area contributed by atoms with Crippen LogP contribution in [-0.2, 0) is 0 Å². The third-order valence-corrected chi connectivity index (χ3v) is 18.7. The summed E-state index contributed by atoms with van der Waals surface area (Å²) in [5.41, 5.74) is 0. The van der Waals surface area contributed by atoms with Crippen LogP contribution in [0.5, 0.6) is 0 Å². The highest BCUT2D eigenvalue weighted by Crippen LogP contribution is 2.31. The molecule has 12 heteroatoms. The SMILES string of the molecule is C1CSSCCCSSCCCSSC1.C1CSSCCCSSCCCSSC1. The summed E-state index contributed by atoms with van der Waals surface area (Å²) in [6.07, 6.45) is 8.24. The lowest BCUT2D eigenvalue weighted by Crippen LogP contribution is -1.82. The Morgan fingerprint density at radius 2 is 0.267 bits per heavy atom. The Balaban J connectivity index is 0.000000300.